The quantitative estimate of drug-likeness (QED) is 0.887. The van der Waals surface area contributed by atoms with Crippen molar-refractivity contribution in [3.63, 3.8) is 0 Å². The molecule has 0 aliphatic carbocycles. The Labute approximate surface area is 136 Å². The van der Waals surface area contributed by atoms with Crippen LogP contribution in [0.5, 0.6) is 23.0 Å². The molecule has 2 aromatic rings. The van der Waals surface area contributed by atoms with Crippen molar-refractivity contribution in [1.29, 1.82) is 0 Å². The summed E-state index contributed by atoms with van der Waals surface area (Å²) in [7, 11) is 6.44. The molecule has 0 radical (unpaired) electrons. The van der Waals surface area contributed by atoms with Gasteiger partial charge < -0.3 is 24.7 Å². The first-order valence-corrected chi connectivity index (χ1v) is 7.04. The lowest BCUT2D eigenvalue weighted by Gasteiger charge is -2.14. The Hall–Kier alpha value is -2.82. The lowest BCUT2D eigenvalue weighted by atomic mass is 9.98. The fourth-order valence-corrected chi connectivity index (χ4v) is 2.28. The average Bonchev–Trinajstić information content (AvgIpc) is 2.61. The van der Waals surface area contributed by atoms with Crippen LogP contribution in [0.15, 0.2) is 42.6 Å². The van der Waals surface area contributed by atoms with Crippen LogP contribution in [0.2, 0.25) is 0 Å². The monoisotopic (exact) mass is 315 g/mol. The van der Waals surface area contributed by atoms with Gasteiger partial charge in [0.05, 0.1) is 28.4 Å². The zero-order valence-corrected chi connectivity index (χ0v) is 13.8. The summed E-state index contributed by atoms with van der Waals surface area (Å²) in [4.78, 5) is 0. The van der Waals surface area contributed by atoms with Crippen LogP contribution in [-0.2, 0) is 0 Å². The topological polar surface area (TPSA) is 62.9 Å². The molecule has 5 heteroatoms. The highest BCUT2D eigenvalue weighted by Gasteiger charge is 2.11. The molecule has 122 valence electrons. The summed E-state index contributed by atoms with van der Waals surface area (Å²) < 4.78 is 21.3. The number of benzene rings is 2. The molecule has 0 saturated carbocycles. The minimum absolute atomic E-state index is 0.688. The second kappa shape index (κ2) is 7.45. The minimum Gasteiger partial charge on any atom is -0.497 e. The molecule has 0 aliphatic heterocycles. The molecule has 0 bridgehead atoms. The molecule has 0 fully saturated rings. The Morgan fingerprint density at radius 3 is 1.17 bits per heavy atom. The van der Waals surface area contributed by atoms with Gasteiger partial charge in [0.1, 0.15) is 23.0 Å². The lowest BCUT2D eigenvalue weighted by Crippen LogP contribution is -1.97. The van der Waals surface area contributed by atoms with E-state index in [9.17, 15) is 0 Å². The van der Waals surface area contributed by atoms with Crippen LogP contribution in [0, 0.1) is 0 Å². The summed E-state index contributed by atoms with van der Waals surface area (Å²) in [5, 5.41) is 0. The normalized spacial score (nSPS) is 9.91. The Balaban J connectivity index is 2.56. The van der Waals surface area contributed by atoms with E-state index < -0.39 is 0 Å². The van der Waals surface area contributed by atoms with Gasteiger partial charge in [-0.25, -0.2) is 0 Å². The summed E-state index contributed by atoms with van der Waals surface area (Å²) in [6.45, 7) is 0. The standard InChI is InChI=1S/C18H21NO4/c1-20-14-5-12(6-15(9-14)21-2)18(11-19)13-7-16(22-3)10-17(8-13)23-4/h5-11H,19H2,1-4H3. The van der Waals surface area contributed by atoms with Crippen molar-refractivity contribution >= 4 is 5.57 Å². The average molecular weight is 315 g/mol. The fraction of sp³-hybridized carbons (Fsp3) is 0.222. The van der Waals surface area contributed by atoms with Crippen LogP contribution in [0.25, 0.3) is 5.57 Å². The van der Waals surface area contributed by atoms with Gasteiger partial charge in [0.15, 0.2) is 0 Å². The number of hydrogen-bond acceptors (Lipinski definition) is 5. The second-order valence-electron chi connectivity index (χ2n) is 4.78. The van der Waals surface area contributed by atoms with Crippen molar-refractivity contribution in [3.8, 4) is 23.0 Å². The molecule has 0 heterocycles. The highest BCUT2D eigenvalue weighted by Crippen LogP contribution is 2.33. The van der Waals surface area contributed by atoms with E-state index in [1.54, 1.807) is 34.6 Å². The molecular formula is C18H21NO4. The molecule has 2 N–H and O–H groups in total. The molecule has 5 nitrogen and oxygen atoms in total. The number of hydrogen-bond donors (Lipinski definition) is 1. The third-order valence-electron chi connectivity index (χ3n) is 3.49. The summed E-state index contributed by atoms with van der Waals surface area (Å²) in [5.74, 6) is 2.75. The predicted molar refractivity (Wildman–Crippen MR) is 90.4 cm³/mol. The van der Waals surface area contributed by atoms with Crippen molar-refractivity contribution in [2.75, 3.05) is 28.4 Å². The van der Waals surface area contributed by atoms with Crippen LogP contribution in [0.3, 0.4) is 0 Å². The number of rotatable bonds is 6. The van der Waals surface area contributed by atoms with Gasteiger partial charge in [0.25, 0.3) is 0 Å². The third kappa shape index (κ3) is 3.69. The molecule has 0 aromatic heterocycles. The number of ether oxygens (including phenoxy) is 4. The molecule has 0 saturated heterocycles. The van der Waals surface area contributed by atoms with Gasteiger partial charge in [-0.15, -0.1) is 0 Å². The van der Waals surface area contributed by atoms with Crippen LogP contribution >= 0.6 is 0 Å². The minimum atomic E-state index is 0.688. The smallest absolute Gasteiger partial charge is 0.123 e. The predicted octanol–water partition coefficient (Wildman–Crippen LogP) is 3.07. The lowest BCUT2D eigenvalue weighted by molar-refractivity contribution is 0.394. The van der Waals surface area contributed by atoms with Crippen molar-refractivity contribution in [2.45, 2.75) is 0 Å². The maximum atomic E-state index is 5.88. The largest absolute Gasteiger partial charge is 0.497 e. The third-order valence-corrected chi connectivity index (χ3v) is 3.49. The maximum Gasteiger partial charge on any atom is 0.123 e. The van der Waals surface area contributed by atoms with Gasteiger partial charge >= 0.3 is 0 Å². The molecule has 0 amide bonds. The first-order chi connectivity index (χ1) is 11.1. The van der Waals surface area contributed by atoms with Gasteiger partial charge in [-0.1, -0.05) is 0 Å². The van der Waals surface area contributed by atoms with Crippen LogP contribution in [0.1, 0.15) is 11.1 Å². The molecule has 2 aromatic carbocycles. The zero-order valence-electron chi connectivity index (χ0n) is 13.8. The molecular weight excluding hydrogens is 294 g/mol. The Kier molecular flexibility index (Phi) is 5.36. The number of methoxy groups -OCH3 is 4. The van der Waals surface area contributed by atoms with Gasteiger partial charge in [-0.05, 0) is 35.4 Å². The Bertz CT molecular complexity index is 608. The SMILES string of the molecule is COc1cc(OC)cc(C(=CN)c2cc(OC)cc(OC)c2)c1. The van der Waals surface area contributed by atoms with E-state index in [0.717, 1.165) is 16.7 Å². The molecule has 23 heavy (non-hydrogen) atoms. The maximum absolute atomic E-state index is 5.88. The summed E-state index contributed by atoms with van der Waals surface area (Å²) in [6, 6.07) is 11.2. The highest BCUT2D eigenvalue weighted by atomic mass is 16.5. The van der Waals surface area contributed by atoms with Crippen LogP contribution in [-0.4, -0.2) is 28.4 Å². The van der Waals surface area contributed by atoms with Gasteiger partial charge in [0.2, 0.25) is 0 Å². The Morgan fingerprint density at radius 2 is 0.957 bits per heavy atom. The molecule has 0 aliphatic rings. The summed E-state index contributed by atoms with van der Waals surface area (Å²) in [6.07, 6.45) is 1.54. The van der Waals surface area contributed by atoms with Gasteiger partial charge in [0, 0.05) is 23.9 Å². The van der Waals surface area contributed by atoms with E-state index in [-0.39, 0.29) is 0 Å². The van der Waals surface area contributed by atoms with Gasteiger partial charge in [-0.2, -0.15) is 0 Å². The summed E-state index contributed by atoms with van der Waals surface area (Å²) >= 11 is 0. The van der Waals surface area contributed by atoms with E-state index in [4.69, 9.17) is 24.7 Å². The van der Waals surface area contributed by atoms with Crippen LogP contribution in [0.4, 0.5) is 0 Å². The fourth-order valence-electron chi connectivity index (χ4n) is 2.28. The van der Waals surface area contributed by atoms with Crippen molar-refractivity contribution in [3.05, 3.63) is 53.7 Å². The number of nitrogens with two attached hydrogens (primary N) is 1. The van der Waals surface area contributed by atoms with E-state index in [1.807, 2.05) is 36.4 Å². The summed E-state index contributed by atoms with van der Waals surface area (Å²) in [5.41, 5.74) is 8.44. The first-order valence-electron chi connectivity index (χ1n) is 7.04. The van der Waals surface area contributed by atoms with Gasteiger partial charge in [-0.3, -0.25) is 0 Å². The highest BCUT2D eigenvalue weighted by molar-refractivity contribution is 5.82. The first kappa shape index (κ1) is 16.5. The van der Waals surface area contributed by atoms with Crippen LogP contribution < -0.4 is 24.7 Å². The molecule has 0 spiro atoms. The van der Waals surface area contributed by atoms with E-state index in [2.05, 4.69) is 0 Å². The molecule has 2 rings (SSSR count). The van der Waals surface area contributed by atoms with Crippen molar-refractivity contribution in [1.82, 2.24) is 0 Å². The van der Waals surface area contributed by atoms with Crippen molar-refractivity contribution < 1.29 is 18.9 Å². The van der Waals surface area contributed by atoms with E-state index >= 15 is 0 Å². The molecule has 0 unspecified atom stereocenters. The molecule has 0 atom stereocenters. The Morgan fingerprint density at radius 1 is 0.652 bits per heavy atom. The second-order valence-corrected chi connectivity index (χ2v) is 4.78. The van der Waals surface area contributed by atoms with Crippen molar-refractivity contribution in [2.24, 2.45) is 5.73 Å². The zero-order chi connectivity index (χ0) is 16.8. The van der Waals surface area contributed by atoms with E-state index in [0.29, 0.717) is 23.0 Å². The van der Waals surface area contributed by atoms with E-state index in [1.165, 1.54) is 0 Å².